The van der Waals surface area contributed by atoms with Gasteiger partial charge >= 0.3 is 5.97 Å². The Kier molecular flexibility index (Phi) is 4.71. The Morgan fingerprint density at radius 1 is 1.20 bits per heavy atom. The van der Waals surface area contributed by atoms with Gasteiger partial charge in [0.2, 0.25) is 0 Å². The van der Waals surface area contributed by atoms with E-state index in [-0.39, 0.29) is 11.8 Å². The van der Waals surface area contributed by atoms with Crippen LogP contribution in [0, 0.1) is 5.82 Å². The molecule has 2 aromatic rings. The van der Waals surface area contributed by atoms with Crippen LogP contribution in [0.5, 0.6) is 0 Å². The highest BCUT2D eigenvalue weighted by Gasteiger charge is 2.11. The number of rotatable bonds is 5. The number of carbonyl (C=O) groups excluding carboxylic acids is 1. The molecule has 0 saturated carbocycles. The minimum atomic E-state index is -0.366. The van der Waals surface area contributed by atoms with Crippen molar-refractivity contribution >= 4 is 11.7 Å². The van der Waals surface area contributed by atoms with E-state index in [1.165, 1.54) is 12.1 Å². The molecule has 2 rings (SSSR count). The van der Waals surface area contributed by atoms with E-state index in [1.54, 1.807) is 31.2 Å². The van der Waals surface area contributed by atoms with Crippen LogP contribution in [-0.4, -0.2) is 12.6 Å². The second-order valence-corrected chi connectivity index (χ2v) is 4.25. The number of carbonyl (C=O) groups is 1. The van der Waals surface area contributed by atoms with Crippen molar-refractivity contribution in [1.29, 1.82) is 0 Å². The van der Waals surface area contributed by atoms with Crippen molar-refractivity contribution in [2.45, 2.75) is 13.5 Å². The van der Waals surface area contributed by atoms with E-state index in [0.29, 0.717) is 24.4 Å². The molecule has 0 heterocycles. The van der Waals surface area contributed by atoms with Crippen LogP contribution in [-0.2, 0) is 11.3 Å². The SMILES string of the molecule is CCOC(=O)c1ccccc1NCc1cccc(F)c1. The van der Waals surface area contributed by atoms with E-state index >= 15 is 0 Å². The second kappa shape index (κ2) is 6.70. The summed E-state index contributed by atoms with van der Waals surface area (Å²) in [5.41, 5.74) is 1.96. The lowest BCUT2D eigenvalue weighted by atomic mass is 10.1. The summed E-state index contributed by atoms with van der Waals surface area (Å²) in [4.78, 5) is 11.8. The van der Waals surface area contributed by atoms with Gasteiger partial charge in [-0.25, -0.2) is 9.18 Å². The summed E-state index contributed by atoms with van der Waals surface area (Å²) in [5, 5.41) is 3.13. The zero-order valence-corrected chi connectivity index (χ0v) is 11.2. The van der Waals surface area contributed by atoms with Crippen LogP contribution in [0.15, 0.2) is 48.5 Å². The van der Waals surface area contributed by atoms with Crippen LogP contribution in [0.2, 0.25) is 0 Å². The van der Waals surface area contributed by atoms with Crippen molar-refractivity contribution < 1.29 is 13.9 Å². The Bertz CT molecular complexity index is 599. The first kappa shape index (κ1) is 14.1. The molecule has 0 amide bonds. The van der Waals surface area contributed by atoms with Gasteiger partial charge < -0.3 is 10.1 Å². The Labute approximate surface area is 117 Å². The lowest BCUT2D eigenvalue weighted by Crippen LogP contribution is -2.09. The molecule has 104 valence electrons. The lowest BCUT2D eigenvalue weighted by molar-refractivity contribution is 0.0527. The van der Waals surface area contributed by atoms with Gasteiger partial charge in [0.25, 0.3) is 0 Å². The zero-order valence-electron chi connectivity index (χ0n) is 11.2. The summed E-state index contributed by atoms with van der Waals surface area (Å²) in [6.07, 6.45) is 0. The number of hydrogen-bond donors (Lipinski definition) is 1. The van der Waals surface area contributed by atoms with Crippen LogP contribution in [0.4, 0.5) is 10.1 Å². The summed E-state index contributed by atoms with van der Waals surface area (Å²) in [7, 11) is 0. The third-order valence-electron chi connectivity index (χ3n) is 2.79. The fraction of sp³-hybridized carbons (Fsp3) is 0.188. The third-order valence-corrected chi connectivity index (χ3v) is 2.79. The summed E-state index contributed by atoms with van der Waals surface area (Å²) >= 11 is 0. The number of halogens is 1. The summed E-state index contributed by atoms with van der Waals surface area (Å²) in [6.45, 7) is 2.53. The van der Waals surface area contributed by atoms with Crippen molar-refractivity contribution in [2.24, 2.45) is 0 Å². The van der Waals surface area contributed by atoms with Gasteiger partial charge in [-0.2, -0.15) is 0 Å². The maximum atomic E-state index is 13.1. The fourth-order valence-electron chi connectivity index (χ4n) is 1.87. The number of nitrogens with one attached hydrogen (secondary N) is 1. The highest BCUT2D eigenvalue weighted by molar-refractivity contribution is 5.95. The minimum Gasteiger partial charge on any atom is -0.462 e. The van der Waals surface area contributed by atoms with E-state index < -0.39 is 0 Å². The highest BCUT2D eigenvalue weighted by Crippen LogP contribution is 2.17. The van der Waals surface area contributed by atoms with Crippen molar-refractivity contribution in [3.8, 4) is 0 Å². The molecule has 0 atom stereocenters. The van der Waals surface area contributed by atoms with Crippen molar-refractivity contribution in [3.63, 3.8) is 0 Å². The smallest absolute Gasteiger partial charge is 0.340 e. The number of ether oxygens (including phenoxy) is 1. The van der Waals surface area contributed by atoms with Gasteiger partial charge in [0.1, 0.15) is 5.82 Å². The molecule has 0 radical (unpaired) electrons. The molecule has 2 aromatic carbocycles. The molecule has 4 heteroatoms. The van der Waals surface area contributed by atoms with Crippen LogP contribution >= 0.6 is 0 Å². The molecule has 1 N–H and O–H groups in total. The predicted octanol–water partition coefficient (Wildman–Crippen LogP) is 3.61. The van der Waals surface area contributed by atoms with E-state index in [1.807, 2.05) is 12.1 Å². The van der Waals surface area contributed by atoms with E-state index in [2.05, 4.69) is 5.32 Å². The third kappa shape index (κ3) is 3.57. The average molecular weight is 273 g/mol. The second-order valence-electron chi connectivity index (χ2n) is 4.25. The first-order valence-corrected chi connectivity index (χ1v) is 6.45. The lowest BCUT2D eigenvalue weighted by Gasteiger charge is -2.11. The van der Waals surface area contributed by atoms with E-state index in [9.17, 15) is 9.18 Å². The molecule has 0 aliphatic rings. The molecule has 0 fully saturated rings. The minimum absolute atomic E-state index is 0.275. The molecule has 0 aliphatic carbocycles. The molecule has 0 aromatic heterocycles. The standard InChI is InChI=1S/C16H16FNO2/c1-2-20-16(19)14-8-3-4-9-15(14)18-11-12-6-5-7-13(17)10-12/h3-10,18H,2,11H2,1H3. The van der Waals surface area contributed by atoms with Gasteiger partial charge in [0.15, 0.2) is 0 Å². The maximum Gasteiger partial charge on any atom is 0.340 e. The largest absolute Gasteiger partial charge is 0.462 e. The summed E-state index contributed by atoms with van der Waals surface area (Å²) < 4.78 is 18.1. The quantitative estimate of drug-likeness (QED) is 0.846. The maximum absolute atomic E-state index is 13.1. The topological polar surface area (TPSA) is 38.3 Å². The zero-order chi connectivity index (χ0) is 14.4. The molecular formula is C16H16FNO2. The van der Waals surface area contributed by atoms with Gasteiger partial charge in [-0.15, -0.1) is 0 Å². The van der Waals surface area contributed by atoms with Crippen LogP contribution < -0.4 is 5.32 Å². The van der Waals surface area contributed by atoms with E-state index in [0.717, 1.165) is 5.56 Å². The summed E-state index contributed by atoms with van der Waals surface area (Å²) in [6, 6.07) is 13.4. The summed E-state index contributed by atoms with van der Waals surface area (Å²) in [5.74, 6) is -0.641. The van der Waals surface area contributed by atoms with Gasteiger partial charge in [-0.05, 0) is 36.8 Å². The van der Waals surface area contributed by atoms with Crippen molar-refractivity contribution in [2.75, 3.05) is 11.9 Å². The van der Waals surface area contributed by atoms with Crippen LogP contribution in [0.25, 0.3) is 0 Å². The van der Waals surface area contributed by atoms with Crippen LogP contribution in [0.3, 0.4) is 0 Å². The van der Waals surface area contributed by atoms with Gasteiger partial charge in [0, 0.05) is 12.2 Å². The van der Waals surface area contributed by atoms with Gasteiger partial charge in [-0.3, -0.25) is 0 Å². The molecule has 0 bridgehead atoms. The molecule has 3 nitrogen and oxygen atoms in total. The predicted molar refractivity (Wildman–Crippen MR) is 76.1 cm³/mol. The number of hydrogen-bond acceptors (Lipinski definition) is 3. The number of benzene rings is 2. The van der Waals surface area contributed by atoms with Crippen molar-refractivity contribution in [3.05, 3.63) is 65.5 Å². The Hall–Kier alpha value is -2.36. The average Bonchev–Trinajstić information content (AvgIpc) is 2.46. The molecule has 0 unspecified atom stereocenters. The molecule has 20 heavy (non-hydrogen) atoms. The molecule has 0 saturated heterocycles. The Balaban J connectivity index is 2.11. The monoisotopic (exact) mass is 273 g/mol. The number of esters is 1. The van der Waals surface area contributed by atoms with Crippen molar-refractivity contribution in [1.82, 2.24) is 0 Å². The Morgan fingerprint density at radius 3 is 2.75 bits per heavy atom. The first-order valence-electron chi connectivity index (χ1n) is 6.45. The normalized spacial score (nSPS) is 10.1. The molecule has 0 aliphatic heterocycles. The first-order chi connectivity index (χ1) is 9.70. The van der Waals surface area contributed by atoms with Crippen LogP contribution in [0.1, 0.15) is 22.8 Å². The Morgan fingerprint density at radius 2 is 2.00 bits per heavy atom. The number of para-hydroxylation sites is 1. The van der Waals surface area contributed by atoms with Gasteiger partial charge in [-0.1, -0.05) is 24.3 Å². The van der Waals surface area contributed by atoms with E-state index in [4.69, 9.17) is 4.74 Å². The fourth-order valence-corrected chi connectivity index (χ4v) is 1.87. The number of anilines is 1. The molecular weight excluding hydrogens is 257 g/mol. The highest BCUT2D eigenvalue weighted by atomic mass is 19.1. The molecule has 0 spiro atoms. The van der Waals surface area contributed by atoms with Gasteiger partial charge in [0.05, 0.1) is 12.2 Å².